The fraction of sp³-hybridized carbons (Fsp3) is 0.600. The minimum Gasteiger partial charge on any atom is -0.370 e. The highest BCUT2D eigenvalue weighted by Gasteiger charge is 2.22. The third kappa shape index (κ3) is 7.65. The van der Waals surface area contributed by atoms with Crippen LogP contribution in [-0.4, -0.2) is 48.5 Å². The Balaban J connectivity index is 0.00000364. The van der Waals surface area contributed by atoms with Gasteiger partial charge in [0.1, 0.15) is 0 Å². The second-order valence-electron chi connectivity index (χ2n) is 6.99. The molecular weight excluding hydrogens is 453 g/mol. The molecule has 4 N–H and O–H groups in total. The van der Waals surface area contributed by atoms with Gasteiger partial charge in [0.15, 0.2) is 5.96 Å². The lowest BCUT2D eigenvalue weighted by molar-refractivity contribution is 0.0939. The molecule has 1 aliphatic rings. The molecule has 27 heavy (non-hydrogen) atoms. The Labute approximate surface area is 180 Å². The smallest absolute Gasteiger partial charge is 0.251 e. The molecule has 0 bridgehead atoms. The quantitative estimate of drug-likeness (QED) is 0.299. The van der Waals surface area contributed by atoms with E-state index in [2.05, 4.69) is 34.4 Å². The second kappa shape index (κ2) is 12.2. The molecule has 1 aromatic rings. The van der Waals surface area contributed by atoms with E-state index in [0.29, 0.717) is 24.1 Å². The van der Waals surface area contributed by atoms with Crippen LogP contribution in [0.4, 0.5) is 0 Å². The van der Waals surface area contributed by atoms with Gasteiger partial charge >= 0.3 is 0 Å². The number of benzene rings is 1. The number of hydrogen-bond donors (Lipinski definition) is 3. The molecule has 1 fully saturated rings. The first-order valence-electron chi connectivity index (χ1n) is 9.71. The van der Waals surface area contributed by atoms with Crippen molar-refractivity contribution in [2.24, 2.45) is 10.7 Å². The van der Waals surface area contributed by atoms with Gasteiger partial charge in [-0.3, -0.25) is 9.69 Å². The summed E-state index contributed by atoms with van der Waals surface area (Å²) in [5.74, 6) is 0.416. The maximum atomic E-state index is 12.2. The van der Waals surface area contributed by atoms with Gasteiger partial charge in [0.25, 0.3) is 5.91 Å². The van der Waals surface area contributed by atoms with Gasteiger partial charge in [-0.15, -0.1) is 24.0 Å². The van der Waals surface area contributed by atoms with Crippen LogP contribution in [0.1, 0.15) is 56.0 Å². The van der Waals surface area contributed by atoms with Crippen LogP contribution in [0.3, 0.4) is 0 Å². The first-order chi connectivity index (χ1) is 12.5. The topological polar surface area (TPSA) is 82.8 Å². The average Bonchev–Trinajstić information content (AvgIpc) is 3.12. The third-order valence-electron chi connectivity index (χ3n) is 5.04. The Hall–Kier alpha value is -1.35. The van der Waals surface area contributed by atoms with Gasteiger partial charge in [-0.1, -0.05) is 26.0 Å². The molecule has 7 heteroatoms. The minimum absolute atomic E-state index is 0. The van der Waals surface area contributed by atoms with E-state index in [1.54, 1.807) is 0 Å². The molecule has 1 aliphatic heterocycles. The monoisotopic (exact) mass is 487 g/mol. The molecule has 0 spiro atoms. The number of carbonyl (C=O) groups excluding carboxylic acids is 1. The summed E-state index contributed by atoms with van der Waals surface area (Å²) < 4.78 is 0. The van der Waals surface area contributed by atoms with Crippen LogP contribution >= 0.6 is 24.0 Å². The predicted molar refractivity (Wildman–Crippen MR) is 123 cm³/mol. The van der Waals surface area contributed by atoms with Crippen LogP contribution in [0.25, 0.3) is 0 Å². The standard InChI is InChI=1S/C20H33N5O.HI/c1-4-15(3)24-19(26)17-9-6-8-16(12-17)13-22-20(21)23-14-18-10-7-11-25(18)5-2;/h6,8-9,12,15,18H,4-5,7,10-11,13-14H2,1-3H3,(H,24,26)(H3,21,22,23);1H. The molecule has 0 saturated carbocycles. The number of likely N-dealkylation sites (N-methyl/N-ethyl adjacent to an activating group) is 1. The van der Waals surface area contributed by atoms with Crippen molar-refractivity contribution in [3.8, 4) is 0 Å². The third-order valence-corrected chi connectivity index (χ3v) is 5.04. The molecule has 1 saturated heterocycles. The van der Waals surface area contributed by atoms with E-state index in [0.717, 1.165) is 25.1 Å². The lowest BCUT2D eigenvalue weighted by Crippen LogP contribution is -2.42. The van der Waals surface area contributed by atoms with E-state index in [1.807, 2.05) is 31.2 Å². The number of guanidine groups is 1. The summed E-state index contributed by atoms with van der Waals surface area (Å²) in [6, 6.07) is 8.27. The summed E-state index contributed by atoms with van der Waals surface area (Å²) in [5, 5.41) is 6.22. The zero-order valence-corrected chi connectivity index (χ0v) is 19.0. The van der Waals surface area contributed by atoms with E-state index in [4.69, 9.17) is 5.73 Å². The summed E-state index contributed by atoms with van der Waals surface area (Å²) >= 11 is 0. The average molecular weight is 487 g/mol. The van der Waals surface area contributed by atoms with E-state index >= 15 is 0 Å². The number of halogens is 1. The molecule has 0 aromatic heterocycles. The van der Waals surface area contributed by atoms with Crippen molar-refractivity contribution in [3.63, 3.8) is 0 Å². The van der Waals surface area contributed by atoms with Crippen LogP contribution in [0.2, 0.25) is 0 Å². The molecule has 2 unspecified atom stereocenters. The molecule has 2 atom stereocenters. The summed E-state index contributed by atoms with van der Waals surface area (Å²) in [4.78, 5) is 19.1. The maximum absolute atomic E-state index is 12.2. The van der Waals surface area contributed by atoms with Gasteiger partial charge in [-0.2, -0.15) is 0 Å². The number of nitrogens with one attached hydrogen (secondary N) is 2. The number of nitrogens with zero attached hydrogens (tertiary/aromatic N) is 2. The van der Waals surface area contributed by atoms with Gasteiger partial charge in [-0.05, 0) is 57.0 Å². The SMILES string of the molecule is CCC(C)NC(=O)c1cccc(CN=C(N)NCC2CCCN2CC)c1.I. The van der Waals surface area contributed by atoms with E-state index < -0.39 is 0 Å². The molecular formula is C20H34IN5O. The highest BCUT2D eigenvalue weighted by molar-refractivity contribution is 14.0. The number of nitrogens with two attached hydrogens (primary N) is 1. The summed E-state index contributed by atoms with van der Waals surface area (Å²) in [6.45, 7) is 9.80. The molecule has 2 rings (SSSR count). The van der Waals surface area contributed by atoms with Crippen LogP contribution in [0.5, 0.6) is 0 Å². The van der Waals surface area contributed by atoms with Crippen molar-refractivity contribution < 1.29 is 4.79 Å². The number of amides is 1. The summed E-state index contributed by atoms with van der Waals surface area (Å²) in [7, 11) is 0. The van der Waals surface area contributed by atoms with E-state index in [-0.39, 0.29) is 35.9 Å². The molecule has 0 aliphatic carbocycles. The maximum Gasteiger partial charge on any atom is 0.251 e. The Morgan fingerprint density at radius 3 is 2.89 bits per heavy atom. The zero-order chi connectivity index (χ0) is 18.9. The number of hydrogen-bond acceptors (Lipinski definition) is 3. The van der Waals surface area contributed by atoms with Crippen molar-refractivity contribution >= 4 is 35.8 Å². The lowest BCUT2D eigenvalue weighted by Gasteiger charge is -2.23. The van der Waals surface area contributed by atoms with Crippen LogP contribution in [0.15, 0.2) is 29.3 Å². The number of carbonyl (C=O) groups is 1. The number of likely N-dealkylation sites (tertiary alicyclic amines) is 1. The largest absolute Gasteiger partial charge is 0.370 e. The van der Waals surface area contributed by atoms with Crippen molar-refractivity contribution in [1.82, 2.24) is 15.5 Å². The number of rotatable bonds is 8. The lowest BCUT2D eigenvalue weighted by atomic mass is 10.1. The Morgan fingerprint density at radius 2 is 2.19 bits per heavy atom. The van der Waals surface area contributed by atoms with Crippen LogP contribution < -0.4 is 16.4 Å². The molecule has 1 amide bonds. The molecule has 0 radical (unpaired) electrons. The molecule has 152 valence electrons. The molecule has 6 nitrogen and oxygen atoms in total. The second-order valence-corrected chi connectivity index (χ2v) is 6.99. The van der Waals surface area contributed by atoms with E-state index in [1.165, 1.54) is 19.4 Å². The molecule has 1 aromatic carbocycles. The predicted octanol–water partition coefficient (Wildman–Crippen LogP) is 2.72. The Kier molecular flexibility index (Phi) is 10.7. The van der Waals surface area contributed by atoms with Gasteiger partial charge in [0, 0.05) is 24.2 Å². The van der Waals surface area contributed by atoms with Crippen molar-refractivity contribution in [2.75, 3.05) is 19.6 Å². The highest BCUT2D eigenvalue weighted by Crippen LogP contribution is 2.15. The highest BCUT2D eigenvalue weighted by atomic mass is 127. The Morgan fingerprint density at radius 1 is 1.41 bits per heavy atom. The van der Waals surface area contributed by atoms with Gasteiger partial charge in [0.2, 0.25) is 0 Å². The van der Waals surface area contributed by atoms with Crippen LogP contribution in [0, 0.1) is 0 Å². The van der Waals surface area contributed by atoms with Gasteiger partial charge in [-0.25, -0.2) is 4.99 Å². The fourth-order valence-electron chi connectivity index (χ4n) is 3.22. The normalized spacial score (nSPS) is 18.6. The first-order valence-corrected chi connectivity index (χ1v) is 9.71. The van der Waals surface area contributed by atoms with E-state index in [9.17, 15) is 4.79 Å². The fourth-order valence-corrected chi connectivity index (χ4v) is 3.22. The minimum atomic E-state index is -0.0443. The zero-order valence-electron chi connectivity index (χ0n) is 16.7. The van der Waals surface area contributed by atoms with Crippen molar-refractivity contribution in [3.05, 3.63) is 35.4 Å². The summed E-state index contributed by atoms with van der Waals surface area (Å²) in [6.07, 6.45) is 3.37. The first kappa shape index (κ1) is 23.7. The summed E-state index contributed by atoms with van der Waals surface area (Å²) in [5.41, 5.74) is 7.65. The van der Waals surface area contributed by atoms with Crippen molar-refractivity contribution in [2.45, 2.75) is 58.7 Å². The number of aliphatic imine (C=N–C) groups is 1. The molecule has 1 heterocycles. The van der Waals surface area contributed by atoms with Crippen molar-refractivity contribution in [1.29, 1.82) is 0 Å². The van der Waals surface area contributed by atoms with Crippen LogP contribution in [-0.2, 0) is 6.54 Å². The van der Waals surface area contributed by atoms with Gasteiger partial charge in [0.05, 0.1) is 6.54 Å². The Bertz CT molecular complexity index is 622. The van der Waals surface area contributed by atoms with Gasteiger partial charge < -0.3 is 16.4 Å².